The zero-order valence-corrected chi connectivity index (χ0v) is 20.9. The van der Waals surface area contributed by atoms with Crippen LogP contribution in [0.4, 0.5) is 10.7 Å². The number of pyridine rings is 1. The van der Waals surface area contributed by atoms with Crippen molar-refractivity contribution in [3.8, 4) is 23.4 Å². The fraction of sp³-hybridized carbons (Fsp3) is 0.179. The lowest BCUT2D eigenvalue weighted by atomic mass is 10.1. The van der Waals surface area contributed by atoms with Gasteiger partial charge in [0.15, 0.2) is 5.82 Å². The van der Waals surface area contributed by atoms with Gasteiger partial charge < -0.3 is 10.1 Å². The highest BCUT2D eigenvalue weighted by Crippen LogP contribution is 2.18. The van der Waals surface area contributed by atoms with Crippen LogP contribution < -0.4 is 5.32 Å². The number of ether oxygens (including phenoxy) is 1. The van der Waals surface area contributed by atoms with Crippen LogP contribution in [-0.4, -0.2) is 46.4 Å². The van der Waals surface area contributed by atoms with Crippen LogP contribution in [0.3, 0.4) is 0 Å². The van der Waals surface area contributed by atoms with Crippen molar-refractivity contribution in [1.29, 1.82) is 0 Å². The molecule has 0 saturated carbocycles. The Kier molecular flexibility index (Phi) is 6.06. The summed E-state index contributed by atoms with van der Waals surface area (Å²) >= 11 is 0. The molecule has 188 valence electrons. The Labute approximate surface area is 222 Å². The minimum atomic E-state index is -1.99. The first-order valence-corrected chi connectivity index (χ1v) is 11.7. The number of benzene rings is 1. The smallest absolute Gasteiger partial charge is 0.435 e. The molecule has 38 heavy (non-hydrogen) atoms. The highest BCUT2D eigenvalue weighted by atomic mass is 16.6. The fourth-order valence-electron chi connectivity index (χ4n) is 3.35. The number of hydrogen-bond acceptors (Lipinski definition) is 9. The standard InChI is InChI=1S/C28H24N8O2/c1-28(2,3)38-27(37)36-24-10-8-19(16-20(24)17-33-36)7-9-21-11-14-30-25(34-21)23-12-15-31-26(35-23)32-18-22-6-4-5-13-29-22/h4-6,8,10-17H,18H2,1-3H3,(H,31,32,35)/i18D2. The third-order valence-corrected chi connectivity index (χ3v) is 4.98. The summed E-state index contributed by atoms with van der Waals surface area (Å²) in [4.78, 5) is 33.8. The molecule has 4 heterocycles. The summed E-state index contributed by atoms with van der Waals surface area (Å²) in [6, 6.07) is 13.7. The molecule has 1 N–H and O–H groups in total. The number of carbonyl (C=O) groups is 1. The first-order chi connectivity index (χ1) is 19.1. The average molecular weight is 507 g/mol. The van der Waals surface area contributed by atoms with Gasteiger partial charge in [-0.15, -0.1) is 0 Å². The third-order valence-electron chi connectivity index (χ3n) is 4.98. The van der Waals surface area contributed by atoms with E-state index in [4.69, 9.17) is 7.48 Å². The average Bonchev–Trinajstić information content (AvgIpc) is 3.35. The van der Waals surface area contributed by atoms with Gasteiger partial charge in [-0.25, -0.2) is 24.7 Å². The molecule has 0 bridgehead atoms. The lowest BCUT2D eigenvalue weighted by Crippen LogP contribution is -2.27. The normalized spacial score (nSPS) is 12.2. The van der Waals surface area contributed by atoms with Crippen LogP contribution in [0.25, 0.3) is 22.4 Å². The largest absolute Gasteiger partial charge is 0.442 e. The van der Waals surface area contributed by atoms with Crippen molar-refractivity contribution in [3.05, 3.63) is 90.3 Å². The topological polar surface area (TPSA) is 121 Å². The predicted octanol–water partition coefficient (Wildman–Crippen LogP) is 4.47. The molecule has 10 nitrogen and oxygen atoms in total. The van der Waals surface area contributed by atoms with E-state index in [-0.39, 0.29) is 11.6 Å². The second-order valence-electron chi connectivity index (χ2n) is 9.06. The van der Waals surface area contributed by atoms with Crippen LogP contribution in [0.5, 0.6) is 0 Å². The molecule has 4 aromatic heterocycles. The molecule has 0 amide bonds. The summed E-state index contributed by atoms with van der Waals surface area (Å²) in [5.74, 6) is 6.47. The van der Waals surface area contributed by atoms with Crippen molar-refractivity contribution in [2.45, 2.75) is 32.9 Å². The highest BCUT2D eigenvalue weighted by Gasteiger charge is 2.20. The lowest BCUT2D eigenvalue weighted by Gasteiger charge is -2.19. The lowest BCUT2D eigenvalue weighted by molar-refractivity contribution is 0.0522. The Morgan fingerprint density at radius 1 is 1.03 bits per heavy atom. The molecule has 0 aliphatic rings. The molecule has 0 unspecified atom stereocenters. The third kappa shape index (κ3) is 5.96. The molecule has 5 rings (SSSR count). The molecule has 0 saturated heterocycles. The molecule has 0 fully saturated rings. The van der Waals surface area contributed by atoms with Gasteiger partial charge in [0.2, 0.25) is 5.95 Å². The molecule has 10 heteroatoms. The van der Waals surface area contributed by atoms with Crippen molar-refractivity contribution in [3.63, 3.8) is 0 Å². The number of nitrogens with zero attached hydrogens (tertiary/aromatic N) is 7. The molecule has 0 aliphatic heterocycles. The number of fused-ring (bicyclic) bond motifs is 1. The summed E-state index contributed by atoms with van der Waals surface area (Å²) in [5.41, 5.74) is 1.76. The van der Waals surface area contributed by atoms with Gasteiger partial charge in [-0.05, 0) is 69.2 Å². The monoisotopic (exact) mass is 506 g/mol. The van der Waals surface area contributed by atoms with Crippen LogP contribution in [0.2, 0.25) is 0 Å². The van der Waals surface area contributed by atoms with Gasteiger partial charge >= 0.3 is 6.09 Å². The van der Waals surface area contributed by atoms with Crippen molar-refractivity contribution in [1.82, 2.24) is 34.7 Å². The van der Waals surface area contributed by atoms with Crippen LogP contribution in [0.1, 0.15) is 40.5 Å². The quantitative estimate of drug-likeness (QED) is 0.352. The van der Waals surface area contributed by atoms with E-state index in [9.17, 15) is 4.79 Å². The molecule has 0 radical (unpaired) electrons. The van der Waals surface area contributed by atoms with Crippen LogP contribution in [-0.2, 0) is 11.2 Å². The zero-order chi connectivity index (χ0) is 28.3. The van der Waals surface area contributed by atoms with E-state index in [0.29, 0.717) is 28.3 Å². The van der Waals surface area contributed by atoms with E-state index in [0.717, 1.165) is 5.39 Å². The second kappa shape index (κ2) is 10.4. The van der Waals surface area contributed by atoms with Gasteiger partial charge in [0.25, 0.3) is 0 Å². The van der Waals surface area contributed by atoms with Gasteiger partial charge in [0, 0.05) is 29.5 Å². The van der Waals surface area contributed by atoms with E-state index in [1.807, 2.05) is 6.07 Å². The Bertz CT molecular complexity index is 1760. The molecular formula is C28H24N8O2. The Hall–Kier alpha value is -5.17. The van der Waals surface area contributed by atoms with Crippen molar-refractivity contribution in [2.24, 2.45) is 0 Å². The number of carbonyl (C=O) groups excluding carboxylic acids is 1. The van der Waals surface area contributed by atoms with E-state index < -0.39 is 18.2 Å². The fourth-order valence-corrected chi connectivity index (χ4v) is 3.35. The second-order valence-corrected chi connectivity index (χ2v) is 9.06. The summed E-state index contributed by atoms with van der Waals surface area (Å²) < 4.78 is 23.2. The minimum Gasteiger partial charge on any atom is -0.442 e. The van der Waals surface area contributed by atoms with E-state index in [1.165, 1.54) is 17.1 Å². The van der Waals surface area contributed by atoms with Crippen molar-refractivity contribution < 1.29 is 12.3 Å². The van der Waals surface area contributed by atoms with Gasteiger partial charge in [-0.3, -0.25) is 4.98 Å². The van der Waals surface area contributed by atoms with Gasteiger partial charge in [-0.2, -0.15) is 9.78 Å². The molecular weight excluding hydrogens is 480 g/mol. The van der Waals surface area contributed by atoms with Gasteiger partial charge in [0.1, 0.15) is 17.0 Å². The molecule has 1 aromatic carbocycles. The number of nitrogens with one attached hydrogen (secondary N) is 1. The summed E-state index contributed by atoms with van der Waals surface area (Å²) in [6.45, 7) is 3.41. The SMILES string of the molecule is [2H]C([2H])(Nc1nccc(-c2nccc(C#Cc3ccc4c(cnn4C(=O)OC(C)(C)C)c3)n2)n1)c1ccccn1. The van der Waals surface area contributed by atoms with Crippen LogP contribution in [0.15, 0.2) is 73.3 Å². The predicted molar refractivity (Wildman–Crippen MR) is 142 cm³/mol. The first kappa shape index (κ1) is 22.1. The number of aromatic nitrogens is 7. The summed E-state index contributed by atoms with van der Waals surface area (Å²) in [7, 11) is 0. The Morgan fingerprint density at radius 2 is 1.89 bits per heavy atom. The van der Waals surface area contributed by atoms with E-state index in [2.05, 4.69) is 47.2 Å². The number of anilines is 1. The Morgan fingerprint density at radius 3 is 2.71 bits per heavy atom. The van der Waals surface area contributed by atoms with Crippen molar-refractivity contribution in [2.75, 3.05) is 5.32 Å². The molecule has 0 atom stereocenters. The Balaban J connectivity index is 1.35. The number of rotatable bonds is 4. The zero-order valence-electron chi connectivity index (χ0n) is 22.9. The maximum atomic E-state index is 12.4. The number of hydrogen-bond donors (Lipinski definition) is 1. The summed E-state index contributed by atoms with van der Waals surface area (Å²) in [6.07, 6.45) is 5.62. The maximum Gasteiger partial charge on any atom is 0.435 e. The van der Waals surface area contributed by atoms with E-state index in [1.54, 1.807) is 75.6 Å². The molecule has 0 spiro atoms. The summed E-state index contributed by atoms with van der Waals surface area (Å²) in [5, 5.41) is 7.57. The van der Waals surface area contributed by atoms with E-state index >= 15 is 0 Å². The molecule has 5 aromatic rings. The molecule has 0 aliphatic carbocycles. The minimum absolute atomic E-state index is 0.0634. The highest BCUT2D eigenvalue weighted by molar-refractivity contribution is 5.88. The van der Waals surface area contributed by atoms with Crippen molar-refractivity contribution >= 4 is 22.9 Å². The maximum absolute atomic E-state index is 12.4. The van der Waals surface area contributed by atoms with Gasteiger partial charge in [-0.1, -0.05) is 12.0 Å². The van der Waals surface area contributed by atoms with Gasteiger partial charge in [0.05, 0.1) is 26.6 Å². The van der Waals surface area contributed by atoms with Crippen LogP contribution in [0, 0.1) is 11.8 Å². The van der Waals surface area contributed by atoms with Crippen LogP contribution >= 0.6 is 0 Å². The first-order valence-electron chi connectivity index (χ1n) is 12.7.